The average Bonchev–Trinajstić information content (AvgIpc) is 2.89. The maximum Gasteiger partial charge on any atom is 0.263 e. The summed E-state index contributed by atoms with van der Waals surface area (Å²) >= 11 is 0. The summed E-state index contributed by atoms with van der Waals surface area (Å²) in [6, 6.07) is 16.3. The number of nitrogens with zero attached hydrogens (tertiary/aromatic N) is 4. The van der Waals surface area contributed by atoms with E-state index in [2.05, 4.69) is 9.88 Å². The van der Waals surface area contributed by atoms with Gasteiger partial charge in [-0.2, -0.15) is 0 Å². The van der Waals surface area contributed by atoms with E-state index in [1.165, 1.54) is 32.1 Å². The fraction of sp³-hybridized carbons (Fsp3) is 0.444. The van der Waals surface area contributed by atoms with E-state index >= 15 is 0 Å². The van der Waals surface area contributed by atoms with E-state index in [1.54, 1.807) is 6.20 Å². The number of rotatable bonds is 5. The van der Waals surface area contributed by atoms with Crippen LogP contribution in [-0.2, 0) is 4.79 Å². The summed E-state index contributed by atoms with van der Waals surface area (Å²) in [6.45, 7) is 5.39. The predicted octanol–water partition coefficient (Wildman–Crippen LogP) is 4.54. The molecular formula is C27H32N4O2. The van der Waals surface area contributed by atoms with Crippen molar-refractivity contribution in [2.24, 2.45) is 0 Å². The summed E-state index contributed by atoms with van der Waals surface area (Å²) < 4.78 is 5.99. The zero-order chi connectivity index (χ0) is 22.6. The third-order valence-electron chi connectivity index (χ3n) is 6.98. The van der Waals surface area contributed by atoms with Gasteiger partial charge in [-0.25, -0.2) is 4.98 Å². The molecule has 172 valence electrons. The fourth-order valence-corrected chi connectivity index (χ4v) is 5.07. The monoisotopic (exact) mass is 444 g/mol. The highest BCUT2D eigenvalue weighted by atomic mass is 16.5. The van der Waals surface area contributed by atoms with E-state index in [9.17, 15) is 4.79 Å². The van der Waals surface area contributed by atoms with E-state index < -0.39 is 6.10 Å². The van der Waals surface area contributed by atoms with Gasteiger partial charge in [-0.1, -0.05) is 31.4 Å². The number of hydrogen-bond acceptors (Lipinski definition) is 5. The van der Waals surface area contributed by atoms with Gasteiger partial charge >= 0.3 is 0 Å². The van der Waals surface area contributed by atoms with Crippen LogP contribution in [0, 0.1) is 0 Å². The normalized spacial score (nSPS) is 18.9. The van der Waals surface area contributed by atoms with Gasteiger partial charge in [-0.05, 0) is 56.2 Å². The summed E-state index contributed by atoms with van der Waals surface area (Å²) in [5.41, 5.74) is 3.55. The molecule has 0 unspecified atom stereocenters. The lowest BCUT2D eigenvalue weighted by molar-refractivity contribution is -0.140. The Bertz CT molecular complexity index is 1090. The van der Waals surface area contributed by atoms with Crippen LogP contribution in [0.25, 0.3) is 22.3 Å². The molecule has 0 radical (unpaired) electrons. The molecular weight excluding hydrogens is 412 g/mol. The standard InChI is InChI=1S/C27H32N4O2/c1-20(27(32)31-17-15-30(16-18-31)22-7-3-2-4-8-22)33-23-13-11-21(12-14-23)26-19-28-24-9-5-6-10-25(24)29-26/h5-6,9-14,19-20,22H,2-4,7-8,15-18H2,1H3/t20-/m1/s1. The Morgan fingerprint density at radius 1 is 0.939 bits per heavy atom. The Morgan fingerprint density at radius 3 is 2.36 bits per heavy atom. The maximum absolute atomic E-state index is 13.0. The van der Waals surface area contributed by atoms with E-state index in [-0.39, 0.29) is 5.91 Å². The van der Waals surface area contributed by atoms with E-state index in [1.807, 2.05) is 60.4 Å². The topological polar surface area (TPSA) is 58.6 Å². The van der Waals surface area contributed by atoms with Crippen molar-refractivity contribution in [2.75, 3.05) is 26.2 Å². The summed E-state index contributed by atoms with van der Waals surface area (Å²) in [4.78, 5) is 26.7. The number of hydrogen-bond donors (Lipinski definition) is 0. The zero-order valence-corrected chi connectivity index (χ0v) is 19.3. The molecule has 1 aliphatic heterocycles. The summed E-state index contributed by atoms with van der Waals surface area (Å²) in [7, 11) is 0. The minimum atomic E-state index is -0.502. The summed E-state index contributed by atoms with van der Waals surface area (Å²) in [6.07, 6.45) is 7.99. The predicted molar refractivity (Wildman–Crippen MR) is 130 cm³/mol. The molecule has 0 N–H and O–H groups in total. The molecule has 1 aliphatic carbocycles. The van der Waals surface area contributed by atoms with Gasteiger partial charge in [-0.15, -0.1) is 0 Å². The second kappa shape index (κ2) is 9.87. The van der Waals surface area contributed by atoms with Gasteiger partial charge < -0.3 is 9.64 Å². The number of aromatic nitrogens is 2. The van der Waals surface area contributed by atoms with Crippen LogP contribution in [0.5, 0.6) is 5.75 Å². The first kappa shape index (κ1) is 21.8. The molecule has 33 heavy (non-hydrogen) atoms. The van der Waals surface area contributed by atoms with Gasteiger partial charge in [0.15, 0.2) is 6.10 Å². The van der Waals surface area contributed by atoms with Crippen molar-refractivity contribution in [3.05, 3.63) is 54.7 Å². The Labute approximate surface area is 195 Å². The second-order valence-electron chi connectivity index (χ2n) is 9.18. The third-order valence-corrected chi connectivity index (χ3v) is 6.98. The van der Waals surface area contributed by atoms with Crippen molar-refractivity contribution >= 4 is 16.9 Å². The van der Waals surface area contributed by atoms with Crippen molar-refractivity contribution in [3.63, 3.8) is 0 Å². The van der Waals surface area contributed by atoms with Crippen LogP contribution >= 0.6 is 0 Å². The molecule has 0 bridgehead atoms. The quantitative estimate of drug-likeness (QED) is 0.578. The SMILES string of the molecule is C[C@@H](Oc1ccc(-c2cnc3ccccc3n2)cc1)C(=O)N1CCN(C2CCCCC2)CC1. The van der Waals surface area contributed by atoms with Crippen LogP contribution < -0.4 is 4.74 Å². The van der Waals surface area contributed by atoms with Crippen LogP contribution in [0.2, 0.25) is 0 Å². The molecule has 3 aromatic rings. The van der Waals surface area contributed by atoms with Crippen molar-refractivity contribution in [2.45, 2.75) is 51.2 Å². The van der Waals surface area contributed by atoms with Crippen molar-refractivity contribution < 1.29 is 9.53 Å². The highest BCUT2D eigenvalue weighted by Gasteiger charge is 2.29. The van der Waals surface area contributed by atoms with Crippen LogP contribution in [0.1, 0.15) is 39.0 Å². The molecule has 1 aromatic heterocycles. The van der Waals surface area contributed by atoms with Gasteiger partial charge in [0.1, 0.15) is 5.75 Å². The van der Waals surface area contributed by atoms with Crippen molar-refractivity contribution in [1.29, 1.82) is 0 Å². The molecule has 5 rings (SSSR count). The third kappa shape index (κ3) is 5.01. The number of carbonyl (C=O) groups excluding carboxylic acids is 1. The van der Waals surface area contributed by atoms with Crippen LogP contribution in [-0.4, -0.2) is 64.0 Å². The molecule has 1 amide bonds. The Kier molecular flexibility index (Phi) is 6.53. The molecule has 1 saturated carbocycles. The molecule has 2 aromatic carbocycles. The van der Waals surface area contributed by atoms with Gasteiger partial charge in [0.2, 0.25) is 0 Å². The molecule has 0 spiro atoms. The van der Waals surface area contributed by atoms with Crippen molar-refractivity contribution in [3.8, 4) is 17.0 Å². The van der Waals surface area contributed by atoms with E-state index in [0.29, 0.717) is 5.75 Å². The molecule has 2 heterocycles. The highest BCUT2D eigenvalue weighted by Crippen LogP contribution is 2.25. The first-order valence-electron chi connectivity index (χ1n) is 12.2. The number of para-hydroxylation sites is 2. The van der Waals surface area contributed by atoms with Gasteiger partial charge in [0, 0.05) is 37.8 Å². The smallest absolute Gasteiger partial charge is 0.263 e. The van der Waals surface area contributed by atoms with Gasteiger partial charge in [0.25, 0.3) is 5.91 Å². The van der Waals surface area contributed by atoms with Crippen molar-refractivity contribution in [1.82, 2.24) is 19.8 Å². The molecule has 6 heteroatoms. The Hall–Kier alpha value is -2.99. The maximum atomic E-state index is 13.0. The van der Waals surface area contributed by atoms with Gasteiger partial charge in [0.05, 0.1) is 22.9 Å². The average molecular weight is 445 g/mol. The largest absolute Gasteiger partial charge is 0.481 e. The molecule has 2 fully saturated rings. The van der Waals surface area contributed by atoms with Crippen LogP contribution in [0.4, 0.5) is 0 Å². The minimum Gasteiger partial charge on any atom is -0.481 e. The number of carbonyl (C=O) groups is 1. The Balaban J connectivity index is 1.16. The second-order valence-corrected chi connectivity index (χ2v) is 9.18. The highest BCUT2D eigenvalue weighted by molar-refractivity contribution is 5.81. The lowest BCUT2D eigenvalue weighted by Gasteiger charge is -2.41. The fourth-order valence-electron chi connectivity index (χ4n) is 5.07. The lowest BCUT2D eigenvalue weighted by atomic mass is 9.94. The summed E-state index contributed by atoms with van der Waals surface area (Å²) in [5.74, 6) is 0.761. The lowest BCUT2D eigenvalue weighted by Crippen LogP contribution is -2.54. The van der Waals surface area contributed by atoms with Crippen LogP contribution in [0.15, 0.2) is 54.7 Å². The number of fused-ring (bicyclic) bond motifs is 1. The first-order chi connectivity index (χ1) is 16.2. The minimum absolute atomic E-state index is 0.0720. The van der Waals surface area contributed by atoms with Gasteiger partial charge in [-0.3, -0.25) is 14.7 Å². The number of ether oxygens (including phenoxy) is 1. The van der Waals surface area contributed by atoms with Crippen LogP contribution in [0.3, 0.4) is 0 Å². The molecule has 2 aliphatic rings. The Morgan fingerprint density at radius 2 is 1.64 bits per heavy atom. The first-order valence-corrected chi connectivity index (χ1v) is 12.2. The number of piperazine rings is 1. The zero-order valence-electron chi connectivity index (χ0n) is 19.3. The molecule has 1 atom stereocenters. The summed E-state index contributed by atoms with van der Waals surface area (Å²) in [5, 5.41) is 0. The van der Waals surface area contributed by atoms with E-state index in [0.717, 1.165) is 54.5 Å². The molecule has 1 saturated heterocycles. The van der Waals surface area contributed by atoms with E-state index in [4.69, 9.17) is 9.72 Å². The number of benzene rings is 2. The molecule has 6 nitrogen and oxygen atoms in total. The number of amides is 1.